The molecule has 1 aromatic carbocycles. The predicted molar refractivity (Wildman–Crippen MR) is 85.6 cm³/mol. The van der Waals surface area contributed by atoms with E-state index < -0.39 is 0 Å². The van der Waals surface area contributed by atoms with Gasteiger partial charge >= 0.3 is 0 Å². The first kappa shape index (κ1) is 14.6. The summed E-state index contributed by atoms with van der Waals surface area (Å²) in [5.41, 5.74) is 3.31. The molecule has 1 atom stereocenters. The summed E-state index contributed by atoms with van der Waals surface area (Å²) in [5.74, 6) is 0.222. The zero-order chi connectivity index (χ0) is 14.8. The van der Waals surface area contributed by atoms with E-state index in [0.29, 0.717) is 6.04 Å². The average molecular weight is 286 g/mol. The fourth-order valence-corrected chi connectivity index (χ4v) is 3.60. The monoisotopic (exact) mass is 286 g/mol. The van der Waals surface area contributed by atoms with Crippen LogP contribution in [0.1, 0.15) is 47.2 Å². The Morgan fingerprint density at radius 1 is 1.10 bits per heavy atom. The van der Waals surface area contributed by atoms with E-state index in [-0.39, 0.29) is 5.91 Å². The van der Waals surface area contributed by atoms with Crippen LogP contribution in [0.2, 0.25) is 0 Å². The third-order valence-corrected chi connectivity index (χ3v) is 5.06. The Morgan fingerprint density at radius 2 is 1.86 bits per heavy atom. The van der Waals surface area contributed by atoms with Gasteiger partial charge in [-0.3, -0.25) is 4.79 Å². The number of nitrogens with zero attached hydrogens (tertiary/aromatic N) is 2. The lowest BCUT2D eigenvalue weighted by Gasteiger charge is -2.28. The molecule has 2 heterocycles. The van der Waals surface area contributed by atoms with Gasteiger partial charge in [-0.2, -0.15) is 0 Å². The summed E-state index contributed by atoms with van der Waals surface area (Å²) in [5, 5.41) is 0. The second kappa shape index (κ2) is 6.18. The first-order valence-electron chi connectivity index (χ1n) is 8.26. The van der Waals surface area contributed by atoms with Crippen molar-refractivity contribution in [3.8, 4) is 0 Å². The standard InChI is InChI=1S/C18H26N2O/c1-14-7-8-16(12-15(14)2)18(21)20-11-5-6-17(20)13-19-9-3-4-10-19/h7-8,12,17H,3-6,9-11,13H2,1-2H3. The molecule has 0 radical (unpaired) electrons. The fraction of sp³-hybridized carbons (Fsp3) is 0.611. The second-order valence-electron chi connectivity index (χ2n) is 6.60. The minimum Gasteiger partial charge on any atom is -0.334 e. The number of carbonyl (C=O) groups is 1. The number of rotatable bonds is 3. The number of likely N-dealkylation sites (tertiary alicyclic amines) is 2. The van der Waals surface area contributed by atoms with Crippen LogP contribution < -0.4 is 0 Å². The van der Waals surface area contributed by atoms with Gasteiger partial charge in [0.2, 0.25) is 0 Å². The molecule has 0 spiro atoms. The highest BCUT2D eigenvalue weighted by atomic mass is 16.2. The molecular weight excluding hydrogens is 260 g/mol. The maximum absolute atomic E-state index is 12.8. The van der Waals surface area contributed by atoms with E-state index in [2.05, 4.69) is 29.7 Å². The summed E-state index contributed by atoms with van der Waals surface area (Å²) in [6.07, 6.45) is 4.94. The van der Waals surface area contributed by atoms with Crippen LogP contribution in [0.15, 0.2) is 18.2 Å². The average Bonchev–Trinajstić information content (AvgIpc) is 3.13. The lowest BCUT2D eigenvalue weighted by atomic mass is 10.1. The Morgan fingerprint density at radius 3 is 2.57 bits per heavy atom. The number of hydrogen-bond acceptors (Lipinski definition) is 2. The summed E-state index contributed by atoms with van der Waals surface area (Å²) in [6.45, 7) is 8.58. The quantitative estimate of drug-likeness (QED) is 0.853. The van der Waals surface area contributed by atoms with Gasteiger partial charge in [-0.1, -0.05) is 6.07 Å². The minimum atomic E-state index is 0.222. The molecule has 0 bridgehead atoms. The lowest BCUT2D eigenvalue weighted by molar-refractivity contribution is 0.0708. The summed E-state index contributed by atoms with van der Waals surface area (Å²) in [4.78, 5) is 17.4. The van der Waals surface area contributed by atoms with E-state index in [4.69, 9.17) is 0 Å². The number of hydrogen-bond donors (Lipinski definition) is 0. The second-order valence-corrected chi connectivity index (χ2v) is 6.60. The van der Waals surface area contributed by atoms with Gasteiger partial charge < -0.3 is 9.80 Å². The van der Waals surface area contributed by atoms with Gasteiger partial charge in [-0.15, -0.1) is 0 Å². The minimum absolute atomic E-state index is 0.222. The van der Waals surface area contributed by atoms with Gasteiger partial charge in [0.25, 0.3) is 5.91 Å². The van der Waals surface area contributed by atoms with E-state index in [9.17, 15) is 4.79 Å². The Bertz CT molecular complexity index is 520. The third kappa shape index (κ3) is 3.13. The zero-order valence-corrected chi connectivity index (χ0v) is 13.3. The molecule has 0 aromatic heterocycles. The molecule has 2 fully saturated rings. The Balaban J connectivity index is 1.71. The Hall–Kier alpha value is -1.35. The van der Waals surface area contributed by atoms with Crippen molar-refractivity contribution < 1.29 is 4.79 Å². The van der Waals surface area contributed by atoms with E-state index in [0.717, 1.165) is 31.5 Å². The van der Waals surface area contributed by atoms with Gasteiger partial charge in [0, 0.05) is 24.7 Å². The normalized spacial score (nSPS) is 23.0. The van der Waals surface area contributed by atoms with Gasteiger partial charge in [-0.25, -0.2) is 0 Å². The molecule has 0 aliphatic carbocycles. The molecule has 1 amide bonds. The van der Waals surface area contributed by atoms with Crippen molar-refractivity contribution in [2.45, 2.75) is 45.6 Å². The Kier molecular flexibility index (Phi) is 4.29. The van der Waals surface area contributed by atoms with Crippen LogP contribution in [0.25, 0.3) is 0 Å². The van der Waals surface area contributed by atoms with Gasteiger partial charge in [-0.05, 0) is 75.9 Å². The summed E-state index contributed by atoms with van der Waals surface area (Å²) < 4.78 is 0. The largest absolute Gasteiger partial charge is 0.334 e. The number of carbonyl (C=O) groups excluding carboxylic acids is 1. The van der Waals surface area contributed by atoms with Gasteiger partial charge in [0.15, 0.2) is 0 Å². The smallest absolute Gasteiger partial charge is 0.254 e. The van der Waals surface area contributed by atoms with Crippen LogP contribution in [-0.2, 0) is 0 Å². The molecule has 114 valence electrons. The van der Waals surface area contributed by atoms with E-state index in [1.807, 2.05) is 12.1 Å². The van der Waals surface area contributed by atoms with Gasteiger partial charge in [0.1, 0.15) is 0 Å². The van der Waals surface area contributed by atoms with Crippen LogP contribution in [0.5, 0.6) is 0 Å². The topological polar surface area (TPSA) is 23.6 Å². The fourth-order valence-electron chi connectivity index (χ4n) is 3.60. The molecule has 2 saturated heterocycles. The highest BCUT2D eigenvalue weighted by molar-refractivity contribution is 5.94. The molecule has 0 saturated carbocycles. The maximum atomic E-state index is 12.8. The van der Waals surface area contributed by atoms with Crippen molar-refractivity contribution in [3.63, 3.8) is 0 Å². The van der Waals surface area contributed by atoms with Crippen LogP contribution >= 0.6 is 0 Å². The molecule has 3 nitrogen and oxygen atoms in total. The Labute approximate surface area is 127 Å². The molecule has 21 heavy (non-hydrogen) atoms. The van der Waals surface area contributed by atoms with Crippen LogP contribution in [0.3, 0.4) is 0 Å². The maximum Gasteiger partial charge on any atom is 0.254 e. The predicted octanol–water partition coefficient (Wildman–Crippen LogP) is 3.00. The van der Waals surface area contributed by atoms with Crippen molar-refractivity contribution in [1.82, 2.24) is 9.80 Å². The molecule has 3 heteroatoms. The van der Waals surface area contributed by atoms with Crippen molar-refractivity contribution in [2.24, 2.45) is 0 Å². The van der Waals surface area contributed by atoms with Crippen molar-refractivity contribution >= 4 is 5.91 Å². The molecule has 2 aliphatic rings. The molecule has 1 unspecified atom stereocenters. The molecule has 2 aliphatic heterocycles. The molecule has 1 aromatic rings. The highest BCUT2D eigenvalue weighted by Gasteiger charge is 2.31. The number of amides is 1. The lowest BCUT2D eigenvalue weighted by Crippen LogP contribution is -2.42. The van der Waals surface area contributed by atoms with Crippen LogP contribution in [0, 0.1) is 13.8 Å². The first-order chi connectivity index (χ1) is 10.1. The number of aryl methyl sites for hydroxylation is 2. The summed E-state index contributed by atoms with van der Waals surface area (Å²) >= 11 is 0. The van der Waals surface area contributed by atoms with Crippen molar-refractivity contribution in [2.75, 3.05) is 26.2 Å². The molecular formula is C18H26N2O. The third-order valence-electron chi connectivity index (χ3n) is 5.06. The van der Waals surface area contributed by atoms with Gasteiger partial charge in [0.05, 0.1) is 0 Å². The molecule has 3 rings (SSSR count). The van der Waals surface area contributed by atoms with Crippen LogP contribution in [0.4, 0.5) is 0 Å². The SMILES string of the molecule is Cc1ccc(C(=O)N2CCCC2CN2CCCC2)cc1C. The van der Waals surface area contributed by atoms with Crippen molar-refractivity contribution in [3.05, 3.63) is 34.9 Å². The van der Waals surface area contributed by atoms with Crippen LogP contribution in [-0.4, -0.2) is 47.9 Å². The highest BCUT2D eigenvalue weighted by Crippen LogP contribution is 2.23. The molecule has 0 N–H and O–H groups in total. The van der Waals surface area contributed by atoms with E-state index in [1.165, 1.54) is 37.1 Å². The van der Waals surface area contributed by atoms with Crippen molar-refractivity contribution in [1.29, 1.82) is 0 Å². The van der Waals surface area contributed by atoms with E-state index >= 15 is 0 Å². The van der Waals surface area contributed by atoms with E-state index in [1.54, 1.807) is 0 Å². The zero-order valence-electron chi connectivity index (χ0n) is 13.3. The number of benzene rings is 1. The summed E-state index contributed by atoms with van der Waals surface area (Å²) in [6, 6.07) is 6.50. The first-order valence-corrected chi connectivity index (χ1v) is 8.26. The summed E-state index contributed by atoms with van der Waals surface area (Å²) in [7, 11) is 0.